The van der Waals surface area contributed by atoms with Crippen LogP contribution in [-0.4, -0.2) is 72.3 Å². The maximum Gasteiger partial charge on any atom is 0.223 e. The number of thioether (sulfide) groups is 1. The maximum absolute atomic E-state index is 6.43. The molecule has 1 N–H and O–H groups in total. The highest BCUT2D eigenvalue weighted by atomic mass is 35.5. The zero-order valence-corrected chi connectivity index (χ0v) is 19.2. The van der Waals surface area contributed by atoms with Gasteiger partial charge in [0, 0.05) is 42.3 Å². The van der Waals surface area contributed by atoms with Crippen molar-refractivity contribution in [3.8, 4) is 10.6 Å². The van der Waals surface area contributed by atoms with Crippen LogP contribution in [0.15, 0.2) is 35.4 Å². The van der Waals surface area contributed by atoms with Crippen LogP contribution in [0.5, 0.6) is 0 Å². The molecule has 0 amide bonds. The Hall–Kier alpha value is -1.38. The van der Waals surface area contributed by atoms with Gasteiger partial charge in [0.05, 0.1) is 16.1 Å². The van der Waals surface area contributed by atoms with Crippen molar-refractivity contribution in [2.75, 3.05) is 57.9 Å². The van der Waals surface area contributed by atoms with Gasteiger partial charge in [0.15, 0.2) is 0 Å². The highest BCUT2D eigenvalue weighted by Crippen LogP contribution is 2.37. The molecule has 0 spiro atoms. The van der Waals surface area contributed by atoms with E-state index in [9.17, 15) is 0 Å². The van der Waals surface area contributed by atoms with Gasteiger partial charge in [0.1, 0.15) is 5.69 Å². The molecule has 0 bridgehead atoms. The quantitative estimate of drug-likeness (QED) is 0.415. The predicted octanol–water partition coefficient (Wildman–Crippen LogP) is 4.78. The number of piperazine rings is 1. The topological polar surface area (TPSA) is 44.3 Å². The third-order valence-corrected chi connectivity index (χ3v) is 7.34. The monoisotopic (exact) mass is 447 g/mol. The van der Waals surface area contributed by atoms with Gasteiger partial charge in [0.25, 0.3) is 0 Å². The Morgan fingerprint density at radius 2 is 2.03 bits per heavy atom. The smallest absolute Gasteiger partial charge is 0.223 e. The molecule has 8 heteroatoms. The van der Waals surface area contributed by atoms with Gasteiger partial charge in [-0.1, -0.05) is 17.7 Å². The lowest BCUT2D eigenvalue weighted by Gasteiger charge is -2.32. The highest BCUT2D eigenvalue weighted by molar-refractivity contribution is 7.98. The van der Waals surface area contributed by atoms with Crippen molar-refractivity contribution in [2.45, 2.75) is 11.3 Å². The number of anilines is 1. The molecule has 3 heterocycles. The van der Waals surface area contributed by atoms with Crippen molar-refractivity contribution < 1.29 is 0 Å². The molecule has 0 unspecified atom stereocenters. The van der Waals surface area contributed by atoms with E-state index in [-0.39, 0.29) is 0 Å². The normalized spacial score (nSPS) is 15.8. The number of nitrogens with one attached hydrogen (secondary N) is 1. The Balaban J connectivity index is 1.40. The van der Waals surface area contributed by atoms with Gasteiger partial charge in [-0.05, 0) is 49.9 Å². The summed E-state index contributed by atoms with van der Waals surface area (Å²) in [5, 5.41) is 5.17. The fourth-order valence-electron chi connectivity index (χ4n) is 3.45. The van der Waals surface area contributed by atoms with Gasteiger partial charge < -0.3 is 15.1 Å². The Morgan fingerprint density at radius 3 is 2.83 bits per heavy atom. The molecule has 1 aliphatic heterocycles. The molecule has 3 aromatic rings. The van der Waals surface area contributed by atoms with Crippen molar-refractivity contribution in [1.82, 2.24) is 19.8 Å². The van der Waals surface area contributed by atoms with E-state index < -0.39 is 0 Å². The Bertz CT molecular complexity index is 969. The van der Waals surface area contributed by atoms with E-state index in [1.807, 2.05) is 0 Å². The maximum atomic E-state index is 6.43. The number of benzene rings is 1. The largest absolute Gasteiger partial charge is 0.354 e. The summed E-state index contributed by atoms with van der Waals surface area (Å²) in [4.78, 5) is 16.3. The summed E-state index contributed by atoms with van der Waals surface area (Å²) in [6.07, 6.45) is 4.87. The fourth-order valence-corrected chi connectivity index (χ4v) is 5.32. The highest BCUT2D eigenvalue weighted by Gasteiger charge is 2.14. The van der Waals surface area contributed by atoms with Gasteiger partial charge in [-0.2, -0.15) is 0 Å². The summed E-state index contributed by atoms with van der Waals surface area (Å²) >= 11 is 9.91. The zero-order valence-electron chi connectivity index (χ0n) is 16.8. The van der Waals surface area contributed by atoms with Crippen LogP contribution in [0.2, 0.25) is 5.02 Å². The van der Waals surface area contributed by atoms with E-state index >= 15 is 0 Å². The van der Waals surface area contributed by atoms with Crippen LogP contribution in [0.4, 0.5) is 5.95 Å². The summed E-state index contributed by atoms with van der Waals surface area (Å²) in [6.45, 7) is 6.59. The Kier molecular flexibility index (Phi) is 6.92. The Labute approximate surface area is 185 Å². The first-order chi connectivity index (χ1) is 14.1. The lowest BCUT2D eigenvalue weighted by atomic mass is 10.2. The summed E-state index contributed by atoms with van der Waals surface area (Å²) in [5.41, 5.74) is 0.801. The Morgan fingerprint density at radius 1 is 1.21 bits per heavy atom. The lowest BCUT2D eigenvalue weighted by Crippen LogP contribution is -2.44. The van der Waals surface area contributed by atoms with Gasteiger partial charge in [-0.3, -0.25) is 0 Å². The molecular formula is C21H26ClN5S2. The SMILES string of the molecule is CSc1ccc2cc(-c3nc(NCCCN4CCN(C)CC4)ncc3Cl)sc2c1. The fraction of sp³-hybridized carbons (Fsp3) is 0.429. The predicted molar refractivity (Wildman–Crippen MR) is 127 cm³/mol. The number of aromatic nitrogens is 2. The minimum Gasteiger partial charge on any atom is -0.354 e. The first-order valence-corrected chi connectivity index (χ1v) is 12.3. The standard InChI is InChI=1S/C21H26ClN5S2/c1-26-8-10-27(11-9-26)7-3-6-23-21-24-14-17(22)20(25-21)19-12-15-4-5-16(28-2)13-18(15)29-19/h4-5,12-14H,3,6-11H2,1-2H3,(H,23,24,25). The second-order valence-electron chi connectivity index (χ2n) is 7.33. The number of halogens is 1. The van der Waals surface area contributed by atoms with Crippen molar-refractivity contribution >= 4 is 50.7 Å². The number of likely N-dealkylation sites (N-methyl/N-ethyl adjacent to an activating group) is 1. The first-order valence-electron chi connectivity index (χ1n) is 9.87. The molecule has 5 nitrogen and oxygen atoms in total. The summed E-state index contributed by atoms with van der Waals surface area (Å²) in [6, 6.07) is 8.70. The number of hydrogen-bond donors (Lipinski definition) is 1. The van der Waals surface area contributed by atoms with Gasteiger partial charge >= 0.3 is 0 Å². The molecule has 1 aromatic carbocycles. The zero-order chi connectivity index (χ0) is 20.2. The number of thiophene rings is 1. The molecule has 154 valence electrons. The summed E-state index contributed by atoms with van der Waals surface area (Å²) in [5.74, 6) is 0.644. The molecule has 0 atom stereocenters. The summed E-state index contributed by atoms with van der Waals surface area (Å²) < 4.78 is 1.25. The number of hydrogen-bond acceptors (Lipinski definition) is 7. The minimum atomic E-state index is 0.588. The van der Waals surface area contributed by atoms with Crippen LogP contribution in [0.25, 0.3) is 20.7 Å². The number of fused-ring (bicyclic) bond motifs is 1. The van der Waals surface area contributed by atoms with E-state index in [0.29, 0.717) is 11.0 Å². The number of rotatable bonds is 7. The first kappa shape index (κ1) is 20.9. The van der Waals surface area contributed by atoms with Crippen LogP contribution < -0.4 is 5.32 Å². The van der Waals surface area contributed by atoms with Crippen molar-refractivity contribution in [3.63, 3.8) is 0 Å². The van der Waals surface area contributed by atoms with E-state index in [1.54, 1.807) is 29.3 Å². The average molecular weight is 448 g/mol. The van der Waals surface area contributed by atoms with Crippen LogP contribution in [0.1, 0.15) is 6.42 Å². The van der Waals surface area contributed by atoms with E-state index in [0.717, 1.165) is 56.3 Å². The van der Waals surface area contributed by atoms with E-state index in [2.05, 4.69) is 57.7 Å². The second-order valence-corrected chi connectivity index (χ2v) is 9.70. The lowest BCUT2D eigenvalue weighted by molar-refractivity contribution is 0.154. The van der Waals surface area contributed by atoms with Gasteiger partial charge in [-0.25, -0.2) is 9.97 Å². The molecule has 0 radical (unpaired) electrons. The molecule has 1 fully saturated rings. The molecule has 1 saturated heterocycles. The summed E-state index contributed by atoms with van der Waals surface area (Å²) in [7, 11) is 2.19. The van der Waals surface area contributed by atoms with Crippen LogP contribution in [0.3, 0.4) is 0 Å². The van der Waals surface area contributed by atoms with E-state index in [4.69, 9.17) is 16.6 Å². The molecule has 2 aromatic heterocycles. The van der Waals surface area contributed by atoms with Crippen LogP contribution >= 0.6 is 34.7 Å². The van der Waals surface area contributed by atoms with Crippen LogP contribution in [-0.2, 0) is 0 Å². The molecule has 1 aliphatic rings. The molecule has 4 rings (SSSR count). The molecule has 0 aliphatic carbocycles. The third kappa shape index (κ3) is 5.22. The number of nitrogens with zero attached hydrogens (tertiary/aromatic N) is 4. The molecular weight excluding hydrogens is 422 g/mol. The average Bonchev–Trinajstić information content (AvgIpc) is 3.16. The van der Waals surface area contributed by atoms with Crippen molar-refractivity contribution in [1.29, 1.82) is 0 Å². The van der Waals surface area contributed by atoms with Crippen molar-refractivity contribution in [2.24, 2.45) is 0 Å². The molecule has 0 saturated carbocycles. The van der Waals surface area contributed by atoms with Gasteiger partial charge in [-0.15, -0.1) is 23.1 Å². The second kappa shape index (κ2) is 9.62. The third-order valence-electron chi connectivity index (χ3n) is 5.23. The van der Waals surface area contributed by atoms with Gasteiger partial charge in [0.2, 0.25) is 5.95 Å². The minimum absolute atomic E-state index is 0.588. The van der Waals surface area contributed by atoms with Crippen molar-refractivity contribution in [3.05, 3.63) is 35.5 Å². The van der Waals surface area contributed by atoms with E-state index in [1.165, 1.54) is 15.0 Å². The molecule has 29 heavy (non-hydrogen) atoms. The van der Waals surface area contributed by atoms with Crippen LogP contribution in [0, 0.1) is 0 Å².